The van der Waals surface area contributed by atoms with Gasteiger partial charge < -0.3 is 5.11 Å². The molecule has 0 bridgehead atoms. The van der Waals surface area contributed by atoms with Gasteiger partial charge in [-0.3, -0.25) is 9.59 Å². The van der Waals surface area contributed by atoms with E-state index in [0.29, 0.717) is 6.42 Å². The number of carbonyl (C=O) groups excluding carboxylic acids is 1. The van der Waals surface area contributed by atoms with Gasteiger partial charge in [-0.2, -0.15) is 0 Å². The summed E-state index contributed by atoms with van der Waals surface area (Å²) in [7, 11) is 0. The van der Waals surface area contributed by atoms with E-state index in [1.165, 1.54) is 77.0 Å². The molecule has 0 amide bonds. The number of hydrogen-bond donors (Lipinski definition) is 1. The van der Waals surface area contributed by atoms with Gasteiger partial charge in [0.25, 0.3) is 0 Å². The smallest absolute Gasteiger partial charge is 0.306 e. The van der Waals surface area contributed by atoms with Crippen LogP contribution in [0.5, 0.6) is 0 Å². The monoisotopic (exact) mass is 436 g/mol. The first-order valence-corrected chi connectivity index (χ1v) is 13.5. The highest BCUT2D eigenvalue weighted by Crippen LogP contribution is 2.19. The Kier molecular flexibility index (Phi) is 22.7. The van der Waals surface area contributed by atoms with Gasteiger partial charge >= 0.3 is 5.97 Å². The van der Waals surface area contributed by atoms with Crippen molar-refractivity contribution < 1.29 is 14.7 Å². The second kappa shape index (κ2) is 23.5. The predicted octanol–water partition coefficient (Wildman–Crippen LogP) is 9.04. The summed E-state index contributed by atoms with van der Waals surface area (Å²) in [5.74, 6) is -0.467. The molecule has 0 aliphatic rings. The van der Waals surface area contributed by atoms with Crippen LogP contribution in [0.4, 0.5) is 0 Å². The quantitative estimate of drug-likeness (QED) is 0.121. The van der Waals surface area contributed by atoms with Crippen molar-refractivity contribution in [3.05, 3.63) is 12.2 Å². The molecular formula is C28H52O3. The van der Waals surface area contributed by atoms with Crippen LogP contribution in [0.25, 0.3) is 0 Å². The van der Waals surface area contributed by atoms with Gasteiger partial charge in [0, 0.05) is 6.42 Å². The van der Waals surface area contributed by atoms with E-state index in [2.05, 4.69) is 19.9 Å². The first kappa shape index (κ1) is 29.9. The zero-order valence-electron chi connectivity index (χ0n) is 20.8. The molecule has 0 radical (unpaired) electrons. The second-order valence-electron chi connectivity index (χ2n) is 9.32. The van der Waals surface area contributed by atoms with Crippen LogP contribution in [0.3, 0.4) is 0 Å². The lowest BCUT2D eigenvalue weighted by atomic mass is 9.94. The van der Waals surface area contributed by atoms with Crippen molar-refractivity contribution in [1.82, 2.24) is 0 Å². The summed E-state index contributed by atoms with van der Waals surface area (Å²) in [4.78, 5) is 23.3. The molecule has 1 unspecified atom stereocenters. The van der Waals surface area contributed by atoms with Crippen molar-refractivity contribution >= 4 is 11.8 Å². The minimum Gasteiger partial charge on any atom is -0.481 e. The molecule has 0 rings (SSSR count). The number of unbranched alkanes of at least 4 members (excludes halogenated alkanes) is 15. The molecule has 0 aliphatic carbocycles. The lowest BCUT2D eigenvalue weighted by molar-refractivity contribution is -0.142. The summed E-state index contributed by atoms with van der Waals surface area (Å²) in [5.41, 5.74) is 0. The van der Waals surface area contributed by atoms with E-state index in [9.17, 15) is 14.7 Å². The Morgan fingerprint density at radius 3 is 1.61 bits per heavy atom. The SMILES string of the molecule is CCCCCCC/C=C/C(=O)CCCCCCCCCC(CCCCCCC)C(=O)O. The second-order valence-corrected chi connectivity index (χ2v) is 9.32. The van der Waals surface area contributed by atoms with Crippen LogP contribution in [0.2, 0.25) is 0 Å². The van der Waals surface area contributed by atoms with E-state index in [4.69, 9.17) is 0 Å². The Balaban J connectivity index is 3.52. The number of carboxylic acid groups (broad SMARTS) is 1. The fourth-order valence-corrected chi connectivity index (χ4v) is 4.12. The maximum Gasteiger partial charge on any atom is 0.306 e. The zero-order chi connectivity index (χ0) is 23.0. The summed E-state index contributed by atoms with van der Waals surface area (Å²) in [5, 5.41) is 9.40. The van der Waals surface area contributed by atoms with Crippen molar-refractivity contribution in [2.24, 2.45) is 5.92 Å². The summed E-state index contributed by atoms with van der Waals surface area (Å²) < 4.78 is 0. The summed E-state index contributed by atoms with van der Waals surface area (Å²) in [6, 6.07) is 0. The third kappa shape index (κ3) is 21.9. The van der Waals surface area contributed by atoms with Crippen LogP contribution >= 0.6 is 0 Å². The minimum atomic E-state index is -0.606. The summed E-state index contributed by atoms with van der Waals surface area (Å²) >= 11 is 0. The molecule has 0 aliphatic heterocycles. The van der Waals surface area contributed by atoms with Gasteiger partial charge in [-0.1, -0.05) is 116 Å². The Morgan fingerprint density at radius 2 is 1.10 bits per heavy atom. The highest BCUT2D eigenvalue weighted by atomic mass is 16.4. The van der Waals surface area contributed by atoms with Crippen molar-refractivity contribution in [1.29, 1.82) is 0 Å². The van der Waals surface area contributed by atoms with E-state index < -0.39 is 5.97 Å². The third-order valence-electron chi connectivity index (χ3n) is 6.26. The van der Waals surface area contributed by atoms with E-state index in [0.717, 1.165) is 51.4 Å². The van der Waals surface area contributed by atoms with Crippen molar-refractivity contribution in [2.45, 2.75) is 149 Å². The first-order chi connectivity index (χ1) is 15.1. The number of carbonyl (C=O) groups is 2. The summed E-state index contributed by atoms with van der Waals surface area (Å²) in [6.45, 7) is 4.43. The Bertz CT molecular complexity index is 442. The molecule has 0 aromatic rings. The molecule has 1 atom stereocenters. The highest BCUT2D eigenvalue weighted by molar-refractivity contribution is 5.89. The van der Waals surface area contributed by atoms with Crippen LogP contribution < -0.4 is 0 Å². The van der Waals surface area contributed by atoms with Crippen LogP contribution in [0, 0.1) is 5.92 Å². The van der Waals surface area contributed by atoms with Crippen molar-refractivity contribution in [3.63, 3.8) is 0 Å². The van der Waals surface area contributed by atoms with Gasteiger partial charge in [0.2, 0.25) is 0 Å². The Labute approximate surface area is 193 Å². The molecule has 182 valence electrons. The molecular weight excluding hydrogens is 384 g/mol. The molecule has 0 saturated heterocycles. The van der Waals surface area contributed by atoms with Gasteiger partial charge in [0.05, 0.1) is 5.92 Å². The third-order valence-corrected chi connectivity index (χ3v) is 6.26. The molecule has 0 spiro atoms. The Morgan fingerprint density at radius 1 is 0.645 bits per heavy atom. The lowest BCUT2D eigenvalue weighted by Crippen LogP contribution is -2.13. The van der Waals surface area contributed by atoms with E-state index in [1.807, 2.05) is 0 Å². The number of allylic oxidation sites excluding steroid dienone is 2. The van der Waals surface area contributed by atoms with E-state index in [1.54, 1.807) is 6.08 Å². The number of ketones is 1. The molecule has 31 heavy (non-hydrogen) atoms. The fraction of sp³-hybridized carbons (Fsp3) is 0.857. The minimum absolute atomic E-state index is 0.142. The van der Waals surface area contributed by atoms with Crippen molar-refractivity contribution in [2.75, 3.05) is 0 Å². The largest absolute Gasteiger partial charge is 0.481 e. The highest BCUT2D eigenvalue weighted by Gasteiger charge is 2.16. The topological polar surface area (TPSA) is 54.4 Å². The molecule has 3 heteroatoms. The lowest BCUT2D eigenvalue weighted by Gasteiger charge is -2.12. The normalized spacial score (nSPS) is 12.5. The predicted molar refractivity (Wildman–Crippen MR) is 134 cm³/mol. The van der Waals surface area contributed by atoms with Gasteiger partial charge in [-0.25, -0.2) is 0 Å². The molecule has 0 saturated carbocycles. The average molecular weight is 437 g/mol. The van der Waals surface area contributed by atoms with Crippen LogP contribution in [0.15, 0.2) is 12.2 Å². The fourth-order valence-electron chi connectivity index (χ4n) is 4.12. The summed E-state index contributed by atoms with van der Waals surface area (Å²) in [6.07, 6.45) is 27.5. The van der Waals surface area contributed by atoms with E-state index >= 15 is 0 Å². The molecule has 0 aromatic carbocycles. The maximum atomic E-state index is 11.9. The number of hydrogen-bond acceptors (Lipinski definition) is 2. The first-order valence-electron chi connectivity index (χ1n) is 13.5. The molecule has 0 aromatic heterocycles. The van der Waals surface area contributed by atoms with Gasteiger partial charge in [-0.05, 0) is 38.2 Å². The number of aliphatic carboxylic acids is 1. The molecule has 3 nitrogen and oxygen atoms in total. The van der Waals surface area contributed by atoms with Crippen LogP contribution in [-0.4, -0.2) is 16.9 Å². The van der Waals surface area contributed by atoms with Gasteiger partial charge in [0.15, 0.2) is 5.78 Å². The average Bonchev–Trinajstić information content (AvgIpc) is 2.75. The van der Waals surface area contributed by atoms with E-state index in [-0.39, 0.29) is 11.7 Å². The van der Waals surface area contributed by atoms with Crippen LogP contribution in [-0.2, 0) is 9.59 Å². The number of carboxylic acids is 1. The zero-order valence-corrected chi connectivity index (χ0v) is 20.8. The Hall–Kier alpha value is -1.12. The van der Waals surface area contributed by atoms with Crippen molar-refractivity contribution in [3.8, 4) is 0 Å². The number of rotatable bonds is 24. The molecule has 0 heterocycles. The van der Waals surface area contributed by atoms with Gasteiger partial charge in [-0.15, -0.1) is 0 Å². The standard InChI is InChI=1S/C28H52O3/c1-3-5-7-9-11-16-20-24-27(29)25-21-17-13-10-12-15-19-23-26(28(30)31)22-18-14-8-6-4-2/h20,24,26H,3-19,21-23,25H2,1-2H3,(H,30,31)/b24-20+. The molecule has 0 fully saturated rings. The maximum absolute atomic E-state index is 11.9. The van der Waals surface area contributed by atoms with Gasteiger partial charge in [0.1, 0.15) is 0 Å². The molecule has 1 N–H and O–H groups in total. The van der Waals surface area contributed by atoms with Crippen LogP contribution in [0.1, 0.15) is 149 Å².